The van der Waals surface area contributed by atoms with E-state index in [1.165, 1.54) is 6.08 Å². The van der Waals surface area contributed by atoms with E-state index >= 15 is 0 Å². The van der Waals surface area contributed by atoms with Gasteiger partial charge in [0.1, 0.15) is 6.54 Å². The number of hydrogen-bond donors (Lipinski definition) is 1. The van der Waals surface area contributed by atoms with Gasteiger partial charge in [-0.3, -0.25) is 19.3 Å². The molecule has 0 spiro atoms. The molecule has 1 aromatic carbocycles. The first kappa shape index (κ1) is 19.1. The molecule has 0 aliphatic carbocycles. The monoisotopic (exact) mass is 390 g/mol. The van der Waals surface area contributed by atoms with E-state index in [2.05, 4.69) is 11.9 Å². The van der Waals surface area contributed by atoms with Crippen LogP contribution in [0.3, 0.4) is 0 Å². The van der Waals surface area contributed by atoms with Crippen molar-refractivity contribution in [1.29, 1.82) is 0 Å². The van der Waals surface area contributed by atoms with Crippen LogP contribution in [0.1, 0.15) is 11.6 Å². The van der Waals surface area contributed by atoms with Crippen molar-refractivity contribution < 1.29 is 19.2 Å². The minimum Gasteiger partial charge on any atom is -0.332 e. The first-order valence-corrected chi connectivity index (χ1v) is 8.85. The van der Waals surface area contributed by atoms with Gasteiger partial charge in [-0.2, -0.15) is 0 Å². The molecule has 2 aliphatic rings. The highest BCUT2D eigenvalue weighted by Crippen LogP contribution is 2.25. The van der Waals surface area contributed by atoms with Crippen molar-refractivity contribution in [3.05, 3.63) is 47.5 Å². The number of imide groups is 2. The van der Waals surface area contributed by atoms with Crippen molar-refractivity contribution in [3.63, 3.8) is 0 Å². The summed E-state index contributed by atoms with van der Waals surface area (Å²) in [5, 5.41) is 3.78. The quantitative estimate of drug-likeness (QED) is 0.456. The van der Waals surface area contributed by atoms with Crippen molar-refractivity contribution in [1.82, 2.24) is 20.0 Å². The van der Waals surface area contributed by atoms with Crippen molar-refractivity contribution in [2.45, 2.75) is 6.04 Å². The molecule has 0 radical (unpaired) electrons. The highest BCUT2D eigenvalue weighted by atomic mass is 35.5. The molecule has 0 saturated carbocycles. The van der Waals surface area contributed by atoms with Crippen molar-refractivity contribution >= 4 is 35.4 Å². The predicted molar refractivity (Wildman–Crippen MR) is 97.8 cm³/mol. The maximum atomic E-state index is 12.9. The number of amides is 5. The number of rotatable bonds is 5. The minimum atomic E-state index is -0.996. The molecule has 9 heteroatoms. The Morgan fingerprint density at radius 2 is 2.00 bits per heavy atom. The van der Waals surface area contributed by atoms with Crippen LogP contribution in [-0.4, -0.2) is 71.2 Å². The number of piperazine rings is 1. The second-order valence-electron chi connectivity index (χ2n) is 6.24. The maximum absolute atomic E-state index is 12.9. The van der Waals surface area contributed by atoms with Crippen LogP contribution in [0.4, 0.5) is 4.79 Å². The number of carbonyl (C=O) groups is 4. The zero-order valence-corrected chi connectivity index (χ0v) is 15.3. The maximum Gasteiger partial charge on any atom is 0.335 e. The van der Waals surface area contributed by atoms with Gasteiger partial charge in [0, 0.05) is 31.2 Å². The van der Waals surface area contributed by atoms with Gasteiger partial charge < -0.3 is 10.2 Å². The third kappa shape index (κ3) is 3.72. The average molecular weight is 391 g/mol. The summed E-state index contributed by atoms with van der Waals surface area (Å²) in [6, 6.07) is 6.11. The lowest BCUT2D eigenvalue weighted by Gasteiger charge is -2.37. The Hall–Kier alpha value is -2.71. The van der Waals surface area contributed by atoms with Crippen LogP contribution in [0, 0.1) is 0 Å². The van der Waals surface area contributed by atoms with E-state index in [9.17, 15) is 19.2 Å². The van der Waals surface area contributed by atoms with Crippen LogP contribution in [0.5, 0.6) is 0 Å². The molecule has 2 heterocycles. The highest BCUT2D eigenvalue weighted by Gasteiger charge is 2.45. The molecule has 3 rings (SSSR count). The van der Waals surface area contributed by atoms with Crippen LogP contribution in [0.2, 0.25) is 5.02 Å². The molecule has 1 atom stereocenters. The molecule has 1 N–H and O–H groups in total. The summed E-state index contributed by atoms with van der Waals surface area (Å²) >= 11 is 6.06. The first-order chi connectivity index (χ1) is 12.9. The van der Waals surface area contributed by atoms with Crippen LogP contribution >= 0.6 is 11.6 Å². The standard InChI is InChI=1S/C18H19ClN4O4/c1-2-7-22-16(25)17(26)23(18(22)27)11-15(24)21-8-6-20-10-14(21)12-4-3-5-13(19)9-12/h2-5,9,14,20H,1,6-8,10-11H2. The number of urea groups is 1. The number of nitrogens with zero attached hydrogens (tertiary/aromatic N) is 3. The van der Waals surface area contributed by atoms with Crippen LogP contribution in [0.25, 0.3) is 0 Å². The smallest absolute Gasteiger partial charge is 0.332 e. The van der Waals surface area contributed by atoms with Gasteiger partial charge in [-0.25, -0.2) is 9.69 Å². The fraction of sp³-hybridized carbons (Fsp3) is 0.333. The van der Waals surface area contributed by atoms with E-state index in [4.69, 9.17) is 11.6 Å². The van der Waals surface area contributed by atoms with Crippen molar-refractivity contribution in [2.75, 3.05) is 32.7 Å². The molecule has 1 aromatic rings. The van der Waals surface area contributed by atoms with E-state index in [0.29, 0.717) is 29.6 Å². The van der Waals surface area contributed by atoms with Gasteiger partial charge >= 0.3 is 17.8 Å². The van der Waals surface area contributed by atoms with Gasteiger partial charge in [0.15, 0.2) is 0 Å². The Morgan fingerprint density at radius 3 is 2.70 bits per heavy atom. The van der Waals surface area contributed by atoms with Gasteiger partial charge in [-0.1, -0.05) is 29.8 Å². The molecule has 8 nitrogen and oxygen atoms in total. The Labute approximate surface area is 161 Å². The minimum absolute atomic E-state index is 0.0765. The number of carbonyl (C=O) groups excluding carboxylic acids is 4. The largest absolute Gasteiger partial charge is 0.335 e. The van der Waals surface area contributed by atoms with Gasteiger partial charge in [-0.15, -0.1) is 6.58 Å². The Morgan fingerprint density at radius 1 is 1.26 bits per heavy atom. The molecule has 142 valence electrons. The van der Waals surface area contributed by atoms with E-state index in [0.717, 1.165) is 10.5 Å². The molecule has 2 saturated heterocycles. The molecular weight excluding hydrogens is 372 g/mol. The van der Waals surface area contributed by atoms with Gasteiger partial charge in [-0.05, 0) is 17.7 Å². The van der Waals surface area contributed by atoms with Gasteiger partial charge in [0.2, 0.25) is 5.91 Å². The van der Waals surface area contributed by atoms with Crippen molar-refractivity contribution in [3.8, 4) is 0 Å². The molecule has 27 heavy (non-hydrogen) atoms. The zero-order chi connectivity index (χ0) is 19.6. The summed E-state index contributed by atoms with van der Waals surface area (Å²) in [5.41, 5.74) is 0.853. The molecule has 2 aliphatic heterocycles. The SMILES string of the molecule is C=CCN1C(=O)C(=O)N(CC(=O)N2CCNCC2c2cccc(Cl)c2)C1=O. The number of benzene rings is 1. The Balaban J connectivity index is 1.78. The highest BCUT2D eigenvalue weighted by molar-refractivity contribution is 6.45. The summed E-state index contributed by atoms with van der Waals surface area (Å²) in [7, 11) is 0. The fourth-order valence-corrected chi connectivity index (χ4v) is 3.42. The third-order valence-electron chi connectivity index (χ3n) is 4.54. The third-order valence-corrected chi connectivity index (χ3v) is 4.77. The van der Waals surface area contributed by atoms with Crippen LogP contribution in [-0.2, 0) is 14.4 Å². The number of hydrogen-bond acceptors (Lipinski definition) is 5. The Bertz CT molecular complexity index is 812. The summed E-state index contributed by atoms with van der Waals surface area (Å²) in [5.74, 6) is -2.35. The van der Waals surface area contributed by atoms with Gasteiger partial charge in [0.25, 0.3) is 0 Å². The second kappa shape index (κ2) is 7.89. The van der Waals surface area contributed by atoms with Crippen LogP contribution < -0.4 is 5.32 Å². The summed E-state index contributed by atoms with van der Waals surface area (Å²) in [6.07, 6.45) is 1.35. The van der Waals surface area contributed by atoms with E-state index in [1.54, 1.807) is 23.1 Å². The summed E-state index contributed by atoms with van der Waals surface area (Å²) < 4.78 is 0. The average Bonchev–Trinajstić information content (AvgIpc) is 2.86. The topological polar surface area (TPSA) is 90.0 Å². The fourth-order valence-electron chi connectivity index (χ4n) is 3.22. The second-order valence-corrected chi connectivity index (χ2v) is 6.68. The van der Waals surface area contributed by atoms with E-state index in [-0.39, 0.29) is 12.6 Å². The van der Waals surface area contributed by atoms with E-state index in [1.807, 2.05) is 6.07 Å². The van der Waals surface area contributed by atoms with Crippen LogP contribution in [0.15, 0.2) is 36.9 Å². The number of halogens is 1. The number of nitrogens with one attached hydrogen (secondary N) is 1. The zero-order valence-electron chi connectivity index (χ0n) is 14.6. The first-order valence-electron chi connectivity index (χ1n) is 8.48. The summed E-state index contributed by atoms with van der Waals surface area (Å²) in [6.45, 7) is 4.43. The molecule has 0 bridgehead atoms. The lowest BCUT2D eigenvalue weighted by Crippen LogP contribution is -2.52. The van der Waals surface area contributed by atoms with E-state index < -0.39 is 30.3 Å². The molecule has 1 unspecified atom stereocenters. The predicted octanol–water partition coefficient (Wildman–Crippen LogP) is 0.790. The Kier molecular flexibility index (Phi) is 5.57. The molecule has 0 aromatic heterocycles. The lowest BCUT2D eigenvalue weighted by molar-refractivity contribution is -0.145. The normalized spacial score (nSPS) is 20.4. The molecule has 5 amide bonds. The van der Waals surface area contributed by atoms with Gasteiger partial charge in [0.05, 0.1) is 6.04 Å². The molecule has 2 fully saturated rings. The molecular formula is C18H19ClN4O4. The van der Waals surface area contributed by atoms with Crippen molar-refractivity contribution in [2.24, 2.45) is 0 Å². The lowest BCUT2D eigenvalue weighted by atomic mass is 10.0. The summed E-state index contributed by atoms with van der Waals surface area (Å²) in [4.78, 5) is 52.2.